The zero-order valence-corrected chi connectivity index (χ0v) is 11.4. The van der Waals surface area contributed by atoms with Gasteiger partial charge in [-0.3, -0.25) is 0 Å². The minimum atomic E-state index is -0.304. The quantitative estimate of drug-likeness (QED) is 0.732. The van der Waals surface area contributed by atoms with Gasteiger partial charge in [0, 0.05) is 5.56 Å². The summed E-state index contributed by atoms with van der Waals surface area (Å²) < 4.78 is 23.8. The predicted molar refractivity (Wildman–Crippen MR) is 75.2 cm³/mol. The fourth-order valence-corrected chi connectivity index (χ4v) is 1.88. The summed E-state index contributed by atoms with van der Waals surface area (Å²) in [6, 6.07) is 13.6. The molecule has 1 heterocycles. The van der Waals surface area contributed by atoms with Gasteiger partial charge >= 0.3 is 0 Å². The first-order valence-electron chi connectivity index (χ1n) is 6.48. The van der Waals surface area contributed by atoms with Crippen molar-refractivity contribution in [1.29, 1.82) is 0 Å². The molecule has 4 nitrogen and oxygen atoms in total. The van der Waals surface area contributed by atoms with Crippen molar-refractivity contribution in [2.75, 3.05) is 0 Å². The van der Waals surface area contributed by atoms with Crippen LogP contribution in [0.4, 0.5) is 4.39 Å². The number of hydrogen-bond acceptors (Lipinski definition) is 4. The number of hydrogen-bond donors (Lipinski definition) is 0. The summed E-state index contributed by atoms with van der Waals surface area (Å²) in [6.45, 7) is 2.14. The normalized spacial score (nSPS) is 10.6. The number of rotatable bonds is 4. The number of ether oxygens (including phenoxy) is 1. The van der Waals surface area contributed by atoms with E-state index in [0.29, 0.717) is 17.5 Å². The first kappa shape index (κ1) is 13.3. The highest BCUT2D eigenvalue weighted by Crippen LogP contribution is 2.19. The largest absolute Gasteiger partial charge is 0.484 e. The molecule has 0 aliphatic carbocycles. The molecule has 0 unspecified atom stereocenters. The Labute approximate surface area is 121 Å². The van der Waals surface area contributed by atoms with E-state index in [1.54, 1.807) is 12.1 Å². The van der Waals surface area contributed by atoms with E-state index < -0.39 is 0 Å². The van der Waals surface area contributed by atoms with Gasteiger partial charge in [-0.05, 0) is 43.3 Å². The molecule has 0 aliphatic rings. The van der Waals surface area contributed by atoms with Crippen LogP contribution in [0.5, 0.6) is 5.75 Å². The topological polar surface area (TPSA) is 48.2 Å². The van der Waals surface area contributed by atoms with Gasteiger partial charge in [-0.2, -0.15) is 0 Å². The molecule has 3 rings (SSSR count). The molecule has 0 atom stereocenters. The van der Waals surface area contributed by atoms with Crippen LogP contribution in [0.15, 0.2) is 52.9 Å². The van der Waals surface area contributed by atoms with E-state index in [4.69, 9.17) is 9.15 Å². The van der Waals surface area contributed by atoms with Crippen molar-refractivity contribution in [2.45, 2.75) is 13.5 Å². The highest BCUT2D eigenvalue weighted by atomic mass is 19.1. The van der Waals surface area contributed by atoms with Crippen LogP contribution in [-0.2, 0) is 6.61 Å². The lowest BCUT2D eigenvalue weighted by atomic mass is 10.1. The van der Waals surface area contributed by atoms with Crippen LogP contribution in [0, 0.1) is 12.7 Å². The fraction of sp³-hybridized carbons (Fsp3) is 0.125. The molecule has 0 bridgehead atoms. The van der Waals surface area contributed by atoms with Crippen LogP contribution in [0.1, 0.15) is 11.5 Å². The molecule has 106 valence electrons. The second-order valence-corrected chi connectivity index (χ2v) is 4.61. The maximum atomic E-state index is 12.8. The zero-order chi connectivity index (χ0) is 14.7. The molecule has 5 heteroatoms. The second kappa shape index (κ2) is 5.75. The molecule has 21 heavy (non-hydrogen) atoms. The average Bonchev–Trinajstić information content (AvgIpc) is 2.96. The lowest BCUT2D eigenvalue weighted by molar-refractivity contribution is 0.264. The van der Waals surface area contributed by atoms with Gasteiger partial charge < -0.3 is 9.15 Å². The van der Waals surface area contributed by atoms with Crippen molar-refractivity contribution >= 4 is 0 Å². The van der Waals surface area contributed by atoms with E-state index in [1.165, 1.54) is 12.1 Å². The number of aromatic nitrogens is 2. The lowest BCUT2D eigenvalue weighted by Gasteiger charge is -2.02. The Kier molecular flexibility index (Phi) is 3.64. The molecule has 3 aromatic rings. The maximum absolute atomic E-state index is 12.8. The van der Waals surface area contributed by atoms with E-state index in [-0.39, 0.29) is 12.4 Å². The Balaban J connectivity index is 1.69. The predicted octanol–water partition coefficient (Wildman–Crippen LogP) is 3.76. The minimum absolute atomic E-state index is 0.143. The van der Waals surface area contributed by atoms with E-state index in [9.17, 15) is 4.39 Å². The third-order valence-electron chi connectivity index (χ3n) is 2.91. The Hall–Kier alpha value is -2.69. The van der Waals surface area contributed by atoms with Crippen molar-refractivity contribution in [2.24, 2.45) is 0 Å². The number of aryl methyl sites for hydroxylation is 1. The molecule has 0 radical (unpaired) electrons. The van der Waals surface area contributed by atoms with Gasteiger partial charge in [-0.15, -0.1) is 10.2 Å². The number of nitrogens with zero attached hydrogens (tertiary/aromatic N) is 2. The van der Waals surface area contributed by atoms with Gasteiger partial charge in [0.1, 0.15) is 11.6 Å². The average molecular weight is 284 g/mol. The summed E-state index contributed by atoms with van der Waals surface area (Å²) in [5, 5.41) is 7.94. The highest BCUT2D eigenvalue weighted by molar-refractivity contribution is 5.53. The third kappa shape index (κ3) is 3.25. The molecular weight excluding hydrogens is 271 g/mol. The summed E-state index contributed by atoms with van der Waals surface area (Å²) in [5.74, 6) is 1.07. The summed E-state index contributed by atoms with van der Waals surface area (Å²) >= 11 is 0. The van der Waals surface area contributed by atoms with Gasteiger partial charge in [0.25, 0.3) is 5.89 Å². The monoisotopic (exact) mass is 284 g/mol. The molecule has 0 saturated carbocycles. The molecule has 0 fully saturated rings. The van der Waals surface area contributed by atoms with Crippen LogP contribution in [0.2, 0.25) is 0 Å². The molecule has 0 amide bonds. The van der Waals surface area contributed by atoms with Crippen molar-refractivity contribution in [1.82, 2.24) is 10.2 Å². The molecule has 2 aromatic carbocycles. The molecule has 0 saturated heterocycles. The number of halogens is 1. The van der Waals surface area contributed by atoms with Crippen molar-refractivity contribution in [3.63, 3.8) is 0 Å². The lowest BCUT2D eigenvalue weighted by Crippen LogP contribution is -1.95. The first-order chi connectivity index (χ1) is 10.2. The van der Waals surface area contributed by atoms with Crippen LogP contribution >= 0.6 is 0 Å². The Morgan fingerprint density at radius 1 is 1.10 bits per heavy atom. The zero-order valence-electron chi connectivity index (χ0n) is 11.4. The summed E-state index contributed by atoms with van der Waals surface area (Å²) in [6.07, 6.45) is 0. The van der Waals surface area contributed by atoms with Crippen molar-refractivity contribution in [3.05, 3.63) is 65.8 Å². The van der Waals surface area contributed by atoms with Crippen LogP contribution in [-0.4, -0.2) is 10.2 Å². The standard InChI is InChI=1S/C16H13FN2O2/c1-11-3-2-4-12(9-11)16-19-18-15(21-16)10-20-14-7-5-13(17)6-8-14/h2-9H,10H2,1H3. The SMILES string of the molecule is Cc1cccc(-c2nnc(COc3ccc(F)cc3)o2)c1. The molecule has 0 spiro atoms. The summed E-state index contributed by atoms with van der Waals surface area (Å²) in [7, 11) is 0. The Bertz CT molecular complexity index is 738. The van der Waals surface area contributed by atoms with Gasteiger partial charge in [-0.1, -0.05) is 17.7 Å². The molecule has 1 aromatic heterocycles. The highest BCUT2D eigenvalue weighted by Gasteiger charge is 2.09. The van der Waals surface area contributed by atoms with E-state index >= 15 is 0 Å². The van der Waals surface area contributed by atoms with Crippen LogP contribution in [0.3, 0.4) is 0 Å². The van der Waals surface area contributed by atoms with Gasteiger partial charge in [0.05, 0.1) is 0 Å². The van der Waals surface area contributed by atoms with Crippen molar-refractivity contribution in [3.8, 4) is 17.2 Å². The van der Waals surface area contributed by atoms with Crippen molar-refractivity contribution < 1.29 is 13.5 Å². The third-order valence-corrected chi connectivity index (χ3v) is 2.91. The second-order valence-electron chi connectivity index (χ2n) is 4.61. The van der Waals surface area contributed by atoms with E-state index in [1.807, 2.05) is 31.2 Å². The smallest absolute Gasteiger partial charge is 0.254 e. The first-order valence-corrected chi connectivity index (χ1v) is 6.48. The summed E-state index contributed by atoms with van der Waals surface area (Å²) in [4.78, 5) is 0. The number of benzene rings is 2. The maximum Gasteiger partial charge on any atom is 0.254 e. The summed E-state index contributed by atoms with van der Waals surface area (Å²) in [5.41, 5.74) is 1.99. The molecule has 0 aliphatic heterocycles. The minimum Gasteiger partial charge on any atom is -0.484 e. The van der Waals surface area contributed by atoms with Crippen LogP contribution in [0.25, 0.3) is 11.5 Å². The Morgan fingerprint density at radius 3 is 2.67 bits per heavy atom. The van der Waals surface area contributed by atoms with E-state index in [2.05, 4.69) is 10.2 Å². The molecular formula is C16H13FN2O2. The van der Waals surface area contributed by atoms with Crippen LogP contribution < -0.4 is 4.74 Å². The Morgan fingerprint density at radius 2 is 1.90 bits per heavy atom. The molecule has 0 N–H and O–H groups in total. The fourth-order valence-electron chi connectivity index (χ4n) is 1.88. The van der Waals surface area contributed by atoms with Gasteiger partial charge in [-0.25, -0.2) is 4.39 Å². The van der Waals surface area contributed by atoms with Gasteiger partial charge in [0.2, 0.25) is 5.89 Å². The van der Waals surface area contributed by atoms with Gasteiger partial charge in [0.15, 0.2) is 6.61 Å². The van der Waals surface area contributed by atoms with E-state index in [0.717, 1.165) is 11.1 Å².